The second-order valence-corrected chi connectivity index (χ2v) is 25.9. The van der Waals surface area contributed by atoms with Gasteiger partial charge in [-0.05, 0) is 99.7 Å². The number of unbranched alkanes of at least 4 members (excludes halogenated alkanes) is 9. The van der Waals surface area contributed by atoms with Crippen LogP contribution in [0, 0.1) is 29.6 Å². The maximum atomic E-state index is 14.3. The number of ether oxygens (including phenoxy) is 2. The van der Waals surface area contributed by atoms with E-state index in [1.807, 2.05) is 68.4 Å². The number of benzene rings is 4. The standard InChI is InChI=1S/C69H89N7O10/c1-44(2)60(74-68(84)86-69(3,4)5)67(83)85-36-24-13-11-9-7-6-8-10-12-23-35-70-61(77)53-40-75(41-54(53)62(78)71-57-37-50(57)45-25-17-14-18-26-45)65(81)48-31-33-49(34-32-48)66(82)76-42-55(63(79)72-58-38-51(58)46-27-19-15-20-28-46)56(43-76)64(80)73-59-39-52(59)47-29-21-16-22-30-47/h14-22,25-34,44,50-60H,6-13,23-24,35-43H2,1-5H3,(H,70,77)(H,71,78)(H,72,79)(H,73,80)(H,74,84)/t50-,51-,52-,53-,54-,55-,56-,57+,58+,59+,60+/m1/s1. The number of nitrogens with zero attached hydrogens (tertiary/aromatic N) is 2. The van der Waals surface area contributed by atoms with Crippen LogP contribution in [-0.4, -0.2) is 126 Å². The molecule has 17 nitrogen and oxygen atoms in total. The summed E-state index contributed by atoms with van der Waals surface area (Å²) >= 11 is 0. The Morgan fingerprint density at radius 1 is 0.477 bits per heavy atom. The number of carbonyl (C=O) groups is 8. The maximum absolute atomic E-state index is 14.3. The highest BCUT2D eigenvalue weighted by atomic mass is 16.6. The van der Waals surface area contributed by atoms with Gasteiger partial charge in [0.1, 0.15) is 11.6 Å². The summed E-state index contributed by atoms with van der Waals surface area (Å²) in [5.74, 6) is -4.70. The van der Waals surface area contributed by atoms with E-state index in [0.29, 0.717) is 24.3 Å². The molecule has 460 valence electrons. The molecule has 2 heterocycles. The molecule has 2 aliphatic heterocycles. The van der Waals surface area contributed by atoms with Crippen molar-refractivity contribution in [2.24, 2.45) is 29.6 Å². The van der Waals surface area contributed by atoms with E-state index in [1.54, 1.807) is 54.8 Å². The monoisotopic (exact) mass is 1180 g/mol. The van der Waals surface area contributed by atoms with Crippen molar-refractivity contribution in [1.82, 2.24) is 36.4 Å². The molecule has 4 aromatic carbocycles. The Morgan fingerprint density at radius 2 is 0.826 bits per heavy atom. The molecule has 0 bridgehead atoms. The van der Waals surface area contributed by atoms with Crippen molar-refractivity contribution >= 4 is 47.5 Å². The Balaban J connectivity index is 0.731. The van der Waals surface area contributed by atoms with Gasteiger partial charge >= 0.3 is 12.1 Å². The molecule has 11 atom stereocenters. The van der Waals surface area contributed by atoms with Crippen LogP contribution in [0.25, 0.3) is 0 Å². The predicted octanol–water partition coefficient (Wildman–Crippen LogP) is 9.19. The van der Waals surface area contributed by atoms with Gasteiger partial charge in [-0.15, -0.1) is 0 Å². The zero-order valence-electron chi connectivity index (χ0n) is 50.8. The van der Waals surface area contributed by atoms with Crippen LogP contribution in [0.15, 0.2) is 115 Å². The van der Waals surface area contributed by atoms with Crippen molar-refractivity contribution < 1.29 is 47.8 Å². The lowest BCUT2D eigenvalue weighted by Gasteiger charge is -2.24. The van der Waals surface area contributed by atoms with Crippen LogP contribution in [0.4, 0.5) is 4.79 Å². The highest BCUT2D eigenvalue weighted by Crippen LogP contribution is 2.44. The second kappa shape index (κ2) is 29.2. The van der Waals surface area contributed by atoms with Crippen LogP contribution in [0.3, 0.4) is 0 Å². The molecular formula is C69H89N7O10. The second-order valence-electron chi connectivity index (χ2n) is 25.9. The van der Waals surface area contributed by atoms with E-state index in [1.165, 1.54) is 0 Å². The fourth-order valence-corrected chi connectivity index (χ4v) is 12.4. The minimum absolute atomic E-state index is 0.0469. The zero-order chi connectivity index (χ0) is 60.9. The Labute approximate surface area is 507 Å². The van der Waals surface area contributed by atoms with Crippen LogP contribution in [0.2, 0.25) is 0 Å². The minimum Gasteiger partial charge on any atom is -0.464 e. The van der Waals surface area contributed by atoms with Gasteiger partial charge in [0.2, 0.25) is 23.6 Å². The maximum Gasteiger partial charge on any atom is 0.408 e. The summed E-state index contributed by atoms with van der Waals surface area (Å²) in [6.45, 7) is 10.0. The zero-order valence-corrected chi connectivity index (χ0v) is 50.8. The number of carbonyl (C=O) groups excluding carboxylic acids is 8. The van der Waals surface area contributed by atoms with E-state index in [4.69, 9.17) is 9.47 Å². The summed E-state index contributed by atoms with van der Waals surface area (Å²) in [7, 11) is 0. The number of nitrogens with one attached hydrogen (secondary N) is 5. The molecule has 0 spiro atoms. The third-order valence-corrected chi connectivity index (χ3v) is 17.7. The number of amides is 7. The smallest absolute Gasteiger partial charge is 0.408 e. The van der Waals surface area contributed by atoms with Gasteiger partial charge in [-0.3, -0.25) is 28.8 Å². The molecule has 2 saturated heterocycles. The Kier molecular flexibility index (Phi) is 21.4. The number of hydrogen-bond acceptors (Lipinski definition) is 10. The quantitative estimate of drug-likeness (QED) is 0.0268. The fourth-order valence-electron chi connectivity index (χ4n) is 12.4. The number of rotatable bonds is 28. The average Bonchev–Trinajstić information content (AvgIpc) is 3.46. The number of alkyl carbamates (subject to hydrolysis) is 1. The fraction of sp³-hybridized carbons (Fsp3) is 0.536. The largest absolute Gasteiger partial charge is 0.464 e. The van der Waals surface area contributed by atoms with Gasteiger partial charge in [0.15, 0.2) is 0 Å². The molecule has 5 fully saturated rings. The molecule has 7 amide bonds. The Hall–Kier alpha value is -7.56. The molecule has 5 N–H and O–H groups in total. The first-order valence-electron chi connectivity index (χ1n) is 31.6. The molecule has 5 aliphatic rings. The van der Waals surface area contributed by atoms with E-state index in [-0.39, 0.29) is 103 Å². The first-order valence-corrected chi connectivity index (χ1v) is 31.6. The van der Waals surface area contributed by atoms with Crippen molar-refractivity contribution in [3.8, 4) is 0 Å². The molecule has 3 aliphatic carbocycles. The normalized spacial score (nSPS) is 24.0. The third kappa shape index (κ3) is 17.3. The summed E-state index contributed by atoms with van der Waals surface area (Å²) in [5, 5.41) is 15.3. The topological polar surface area (TPSA) is 222 Å². The summed E-state index contributed by atoms with van der Waals surface area (Å²) in [6, 6.07) is 35.6. The first-order chi connectivity index (χ1) is 41.4. The van der Waals surface area contributed by atoms with Crippen LogP contribution in [-0.2, 0) is 33.4 Å². The van der Waals surface area contributed by atoms with E-state index in [0.717, 1.165) is 100 Å². The summed E-state index contributed by atoms with van der Waals surface area (Å²) in [4.78, 5) is 113. The number of esters is 1. The lowest BCUT2D eigenvalue weighted by molar-refractivity contribution is -0.147. The highest BCUT2D eigenvalue weighted by Gasteiger charge is 2.50. The molecule has 0 unspecified atom stereocenters. The molecule has 3 saturated carbocycles. The summed E-state index contributed by atoms with van der Waals surface area (Å²) < 4.78 is 10.8. The Morgan fingerprint density at radius 3 is 1.19 bits per heavy atom. The van der Waals surface area contributed by atoms with Crippen molar-refractivity contribution in [1.29, 1.82) is 0 Å². The molecule has 4 aromatic rings. The van der Waals surface area contributed by atoms with Crippen LogP contribution in [0.1, 0.15) is 173 Å². The van der Waals surface area contributed by atoms with E-state index in [9.17, 15) is 38.4 Å². The van der Waals surface area contributed by atoms with Crippen LogP contribution in [0.5, 0.6) is 0 Å². The van der Waals surface area contributed by atoms with Crippen molar-refractivity contribution in [2.45, 2.75) is 166 Å². The molecule has 0 aromatic heterocycles. The summed E-state index contributed by atoms with van der Waals surface area (Å²) in [5.41, 5.74) is 3.41. The van der Waals surface area contributed by atoms with Gasteiger partial charge in [-0.25, -0.2) is 9.59 Å². The predicted molar refractivity (Wildman–Crippen MR) is 328 cm³/mol. The lowest BCUT2D eigenvalue weighted by atomic mass is 9.94. The lowest BCUT2D eigenvalue weighted by Crippen LogP contribution is -2.47. The summed E-state index contributed by atoms with van der Waals surface area (Å²) in [6.07, 6.45) is 11.7. The molecule has 86 heavy (non-hydrogen) atoms. The van der Waals surface area contributed by atoms with E-state index >= 15 is 0 Å². The first kappa shape index (κ1) is 63.0. The molecule has 9 rings (SSSR count). The average molecular weight is 1180 g/mol. The Bertz CT molecular complexity index is 2900. The van der Waals surface area contributed by atoms with Gasteiger partial charge < -0.3 is 45.9 Å². The van der Waals surface area contributed by atoms with Gasteiger partial charge in [0.25, 0.3) is 11.8 Å². The highest BCUT2D eigenvalue weighted by molar-refractivity contribution is 6.00. The van der Waals surface area contributed by atoms with Crippen molar-refractivity contribution in [2.75, 3.05) is 39.3 Å². The molecule has 17 heteroatoms. The SMILES string of the molecule is CC(C)[C@H](NC(=O)OC(C)(C)C)C(=O)OCCCCCCCCCCCCNC(=O)[C@@H]1CN(C(=O)c2ccc(C(=O)N3C[C@@H](C(=O)N[C@H]4C[C@@H]4c4ccccc4)[C@H](C(=O)N[C@H]4C[C@@H]4c4ccccc4)C3)cc2)C[C@H]1C(=O)N[C@H]1C[C@@H]1c1ccccc1. The van der Waals surface area contributed by atoms with Crippen molar-refractivity contribution in [3.05, 3.63) is 143 Å². The third-order valence-electron chi connectivity index (χ3n) is 17.7. The number of likely N-dealkylation sites (tertiary alicyclic amines) is 2. The molecular weight excluding hydrogens is 1090 g/mol. The van der Waals surface area contributed by atoms with Gasteiger partial charge in [0.05, 0.1) is 30.3 Å². The van der Waals surface area contributed by atoms with Gasteiger partial charge in [-0.2, -0.15) is 0 Å². The number of hydrogen-bond donors (Lipinski definition) is 5. The van der Waals surface area contributed by atoms with Crippen LogP contribution < -0.4 is 26.6 Å². The van der Waals surface area contributed by atoms with Gasteiger partial charge in [0, 0.05) is 79.7 Å². The van der Waals surface area contributed by atoms with E-state index in [2.05, 4.69) is 63.0 Å². The minimum atomic E-state index is -0.773. The van der Waals surface area contributed by atoms with Crippen molar-refractivity contribution in [3.63, 3.8) is 0 Å². The van der Waals surface area contributed by atoms with Crippen LogP contribution >= 0.6 is 0 Å². The van der Waals surface area contributed by atoms with Gasteiger partial charge in [-0.1, -0.05) is 156 Å². The molecule has 0 radical (unpaired) electrons. The van der Waals surface area contributed by atoms with E-state index < -0.39 is 47.4 Å².